The van der Waals surface area contributed by atoms with Gasteiger partial charge in [0.1, 0.15) is 12.0 Å². The van der Waals surface area contributed by atoms with Crippen LogP contribution in [-0.4, -0.2) is 46.6 Å². The predicted molar refractivity (Wildman–Crippen MR) is 97.4 cm³/mol. The number of likely N-dealkylation sites (tertiary alicyclic amines) is 1. The minimum atomic E-state index is -0.822. The molecule has 3 heterocycles. The zero-order valence-electron chi connectivity index (χ0n) is 13.5. The van der Waals surface area contributed by atoms with Crippen LogP contribution in [0.2, 0.25) is 0 Å². The molecule has 2 aromatic heterocycles. The van der Waals surface area contributed by atoms with Crippen molar-refractivity contribution in [1.29, 1.82) is 0 Å². The second-order valence-electron chi connectivity index (χ2n) is 6.17. The van der Waals surface area contributed by atoms with Gasteiger partial charge in [-0.3, -0.25) is 14.7 Å². The second kappa shape index (κ2) is 6.85. The van der Waals surface area contributed by atoms with E-state index in [0.29, 0.717) is 25.3 Å². The third-order valence-electron chi connectivity index (χ3n) is 4.29. The highest BCUT2D eigenvalue weighted by atomic mass is 32.1. The molecule has 0 bridgehead atoms. The van der Waals surface area contributed by atoms with Gasteiger partial charge in [-0.25, -0.2) is 9.37 Å². The number of hydrogen-bond donors (Lipinski definition) is 1. The van der Waals surface area contributed by atoms with Crippen molar-refractivity contribution in [3.05, 3.63) is 42.2 Å². The first-order chi connectivity index (χ1) is 12.2. The van der Waals surface area contributed by atoms with E-state index in [4.69, 9.17) is 0 Å². The average molecular weight is 356 g/mol. The van der Waals surface area contributed by atoms with Crippen molar-refractivity contribution in [2.75, 3.05) is 25.0 Å². The normalized spacial score (nSPS) is 17.9. The van der Waals surface area contributed by atoms with Crippen molar-refractivity contribution in [3.8, 4) is 10.4 Å². The Balaban J connectivity index is 1.50. The van der Waals surface area contributed by atoms with Crippen molar-refractivity contribution < 1.29 is 9.18 Å². The molecule has 1 saturated heterocycles. The number of carbonyl (C=O) groups excluding carboxylic acids is 1. The SMILES string of the molecule is O=C(CN1CCC(F)C1)Nc1cc2cc(-c3cncs3)ccc2cn1. The Morgan fingerprint density at radius 1 is 1.32 bits per heavy atom. The third kappa shape index (κ3) is 3.67. The van der Waals surface area contributed by atoms with E-state index in [9.17, 15) is 9.18 Å². The van der Waals surface area contributed by atoms with E-state index in [1.807, 2.05) is 29.3 Å². The number of aromatic nitrogens is 2. The fourth-order valence-corrected chi connectivity index (χ4v) is 3.66. The number of pyridine rings is 1. The highest BCUT2D eigenvalue weighted by Crippen LogP contribution is 2.27. The third-order valence-corrected chi connectivity index (χ3v) is 5.11. The molecule has 1 aliphatic heterocycles. The lowest BCUT2D eigenvalue weighted by Gasteiger charge is -2.14. The summed E-state index contributed by atoms with van der Waals surface area (Å²) in [6.45, 7) is 1.15. The topological polar surface area (TPSA) is 58.1 Å². The van der Waals surface area contributed by atoms with Crippen LogP contribution in [0.4, 0.5) is 10.2 Å². The van der Waals surface area contributed by atoms with Crippen LogP contribution in [0.5, 0.6) is 0 Å². The minimum absolute atomic E-state index is 0.167. The molecule has 128 valence electrons. The molecule has 25 heavy (non-hydrogen) atoms. The van der Waals surface area contributed by atoms with Crippen LogP contribution in [-0.2, 0) is 4.79 Å². The number of nitrogens with one attached hydrogen (secondary N) is 1. The van der Waals surface area contributed by atoms with Crippen LogP contribution in [0.25, 0.3) is 21.2 Å². The first-order valence-electron chi connectivity index (χ1n) is 8.12. The molecule has 1 N–H and O–H groups in total. The fraction of sp³-hybridized carbons (Fsp3) is 0.278. The van der Waals surface area contributed by atoms with Gasteiger partial charge >= 0.3 is 0 Å². The lowest BCUT2D eigenvalue weighted by atomic mass is 10.1. The maximum Gasteiger partial charge on any atom is 0.239 e. The minimum Gasteiger partial charge on any atom is -0.310 e. The van der Waals surface area contributed by atoms with Crippen molar-refractivity contribution in [1.82, 2.24) is 14.9 Å². The number of anilines is 1. The maximum absolute atomic E-state index is 13.2. The molecule has 0 radical (unpaired) electrons. The average Bonchev–Trinajstić information content (AvgIpc) is 3.26. The number of alkyl halides is 1. The zero-order valence-corrected chi connectivity index (χ0v) is 14.3. The summed E-state index contributed by atoms with van der Waals surface area (Å²) in [5.41, 5.74) is 2.89. The summed E-state index contributed by atoms with van der Waals surface area (Å²) in [4.78, 5) is 23.5. The van der Waals surface area contributed by atoms with Gasteiger partial charge in [0.2, 0.25) is 5.91 Å². The molecule has 1 aliphatic rings. The van der Waals surface area contributed by atoms with E-state index in [-0.39, 0.29) is 12.5 Å². The van der Waals surface area contributed by atoms with Crippen LogP contribution in [0.15, 0.2) is 42.2 Å². The van der Waals surface area contributed by atoms with E-state index in [1.54, 1.807) is 23.0 Å². The first-order valence-corrected chi connectivity index (χ1v) is 9.00. The van der Waals surface area contributed by atoms with Gasteiger partial charge in [-0.15, -0.1) is 11.3 Å². The molecular formula is C18H17FN4OS. The van der Waals surface area contributed by atoms with Gasteiger partial charge in [-0.05, 0) is 29.5 Å². The molecule has 1 unspecified atom stereocenters. The lowest BCUT2D eigenvalue weighted by Crippen LogP contribution is -2.32. The molecule has 5 nitrogen and oxygen atoms in total. The summed E-state index contributed by atoms with van der Waals surface area (Å²) < 4.78 is 13.2. The van der Waals surface area contributed by atoms with Crippen molar-refractivity contribution in [2.24, 2.45) is 0 Å². The summed E-state index contributed by atoms with van der Waals surface area (Å²) in [5.74, 6) is 0.342. The number of nitrogens with zero attached hydrogens (tertiary/aromatic N) is 3. The van der Waals surface area contributed by atoms with E-state index in [0.717, 1.165) is 21.2 Å². The van der Waals surface area contributed by atoms with Gasteiger partial charge in [-0.2, -0.15) is 0 Å². The van der Waals surface area contributed by atoms with Crippen LogP contribution < -0.4 is 5.32 Å². The van der Waals surface area contributed by atoms with Crippen molar-refractivity contribution in [2.45, 2.75) is 12.6 Å². The second-order valence-corrected chi connectivity index (χ2v) is 7.05. The Hall–Kier alpha value is -2.38. The summed E-state index contributed by atoms with van der Waals surface area (Å²) >= 11 is 1.58. The number of thiazole rings is 1. The number of halogens is 1. The van der Waals surface area contributed by atoms with Crippen LogP contribution in [0.1, 0.15) is 6.42 Å². The zero-order chi connectivity index (χ0) is 17.2. The number of hydrogen-bond acceptors (Lipinski definition) is 5. The summed E-state index contributed by atoms with van der Waals surface area (Å²) in [6.07, 6.45) is 3.26. The lowest BCUT2D eigenvalue weighted by molar-refractivity contribution is -0.117. The Morgan fingerprint density at radius 2 is 2.24 bits per heavy atom. The predicted octanol–water partition coefficient (Wildman–Crippen LogP) is 3.34. The van der Waals surface area contributed by atoms with E-state index in [2.05, 4.69) is 21.4 Å². The van der Waals surface area contributed by atoms with Gasteiger partial charge in [0.05, 0.1) is 16.9 Å². The maximum atomic E-state index is 13.2. The van der Waals surface area contributed by atoms with Crippen LogP contribution in [0, 0.1) is 0 Å². The van der Waals surface area contributed by atoms with Crippen LogP contribution >= 0.6 is 11.3 Å². The molecule has 7 heteroatoms. The van der Waals surface area contributed by atoms with Gasteiger partial charge in [-0.1, -0.05) is 12.1 Å². The number of fused-ring (bicyclic) bond motifs is 1. The Labute approximate surface area is 148 Å². The summed E-state index contributed by atoms with van der Waals surface area (Å²) in [6, 6.07) is 7.97. The molecule has 1 fully saturated rings. The number of amides is 1. The highest BCUT2D eigenvalue weighted by molar-refractivity contribution is 7.13. The number of carbonyl (C=O) groups is 1. The fourth-order valence-electron chi connectivity index (χ4n) is 3.04. The molecule has 0 aliphatic carbocycles. The quantitative estimate of drug-likeness (QED) is 0.779. The van der Waals surface area contributed by atoms with E-state index in [1.165, 1.54) is 0 Å². The Bertz CT molecular complexity index is 899. The monoisotopic (exact) mass is 356 g/mol. The molecule has 1 aromatic carbocycles. The molecule has 1 amide bonds. The Kier molecular flexibility index (Phi) is 4.42. The molecule has 1 atom stereocenters. The summed E-state index contributed by atoms with van der Waals surface area (Å²) in [7, 11) is 0. The van der Waals surface area contributed by atoms with Gasteiger partial charge in [0.25, 0.3) is 0 Å². The first kappa shape index (κ1) is 16.1. The van der Waals surface area contributed by atoms with Crippen molar-refractivity contribution >= 4 is 33.8 Å². The highest BCUT2D eigenvalue weighted by Gasteiger charge is 2.23. The molecule has 4 rings (SSSR count). The number of rotatable bonds is 4. The molecule has 0 saturated carbocycles. The molecular weight excluding hydrogens is 339 g/mol. The van der Waals surface area contributed by atoms with Crippen molar-refractivity contribution in [3.63, 3.8) is 0 Å². The van der Waals surface area contributed by atoms with Gasteiger partial charge in [0.15, 0.2) is 0 Å². The molecule has 0 spiro atoms. The largest absolute Gasteiger partial charge is 0.310 e. The molecule has 3 aromatic rings. The smallest absolute Gasteiger partial charge is 0.239 e. The van der Waals surface area contributed by atoms with E-state index < -0.39 is 6.17 Å². The van der Waals surface area contributed by atoms with Gasteiger partial charge < -0.3 is 5.32 Å². The number of benzene rings is 1. The van der Waals surface area contributed by atoms with E-state index >= 15 is 0 Å². The van der Waals surface area contributed by atoms with Gasteiger partial charge in [0, 0.05) is 30.9 Å². The Morgan fingerprint density at radius 3 is 3.00 bits per heavy atom. The van der Waals surface area contributed by atoms with Crippen LogP contribution in [0.3, 0.4) is 0 Å². The summed E-state index contributed by atoms with van der Waals surface area (Å²) in [5, 5.41) is 4.81. The standard InChI is InChI=1S/C18H17FN4OS/c19-15-3-4-23(9-15)10-18(24)22-17-6-14-5-12(16-8-20-11-25-16)1-2-13(14)7-21-17/h1-2,5-8,11,15H,3-4,9-10H2,(H,21,22,24).